The van der Waals surface area contributed by atoms with E-state index in [1.165, 1.54) is 24.9 Å². The summed E-state index contributed by atoms with van der Waals surface area (Å²) in [5.74, 6) is 0.731. The standard InChI is InChI=1S/C15H22ClN/c1-11-10-15(2,3)9-8-14(11)17-13-6-4-12(16)5-7-13/h4-7,11,14,17H,8-10H2,1-3H3. The minimum Gasteiger partial charge on any atom is -0.382 e. The van der Waals surface area contributed by atoms with Gasteiger partial charge in [-0.25, -0.2) is 0 Å². The van der Waals surface area contributed by atoms with Crippen molar-refractivity contribution in [3.63, 3.8) is 0 Å². The average molecular weight is 252 g/mol. The summed E-state index contributed by atoms with van der Waals surface area (Å²) in [6.45, 7) is 7.11. The number of nitrogens with one attached hydrogen (secondary N) is 1. The van der Waals surface area contributed by atoms with Crippen LogP contribution >= 0.6 is 11.6 Å². The van der Waals surface area contributed by atoms with Crippen LogP contribution in [0.1, 0.15) is 40.0 Å². The lowest BCUT2D eigenvalue weighted by molar-refractivity contribution is 0.177. The SMILES string of the molecule is CC1CC(C)(C)CCC1Nc1ccc(Cl)cc1. The van der Waals surface area contributed by atoms with E-state index in [9.17, 15) is 0 Å². The van der Waals surface area contributed by atoms with E-state index < -0.39 is 0 Å². The number of hydrogen-bond donors (Lipinski definition) is 1. The van der Waals surface area contributed by atoms with Crippen LogP contribution < -0.4 is 5.32 Å². The molecule has 1 N–H and O–H groups in total. The number of halogens is 1. The molecule has 1 nitrogen and oxygen atoms in total. The van der Waals surface area contributed by atoms with E-state index in [1.807, 2.05) is 12.1 Å². The fourth-order valence-corrected chi connectivity index (χ4v) is 3.05. The minimum atomic E-state index is 0.512. The molecule has 2 unspecified atom stereocenters. The molecule has 1 aliphatic carbocycles. The summed E-state index contributed by atoms with van der Waals surface area (Å²) in [6.07, 6.45) is 3.87. The summed E-state index contributed by atoms with van der Waals surface area (Å²) in [4.78, 5) is 0. The zero-order valence-electron chi connectivity index (χ0n) is 11.0. The van der Waals surface area contributed by atoms with Gasteiger partial charge in [0.2, 0.25) is 0 Å². The van der Waals surface area contributed by atoms with E-state index in [0.29, 0.717) is 11.5 Å². The average Bonchev–Trinajstić information content (AvgIpc) is 2.24. The van der Waals surface area contributed by atoms with Crippen molar-refractivity contribution in [2.75, 3.05) is 5.32 Å². The first-order chi connectivity index (χ1) is 7.96. The van der Waals surface area contributed by atoms with Gasteiger partial charge in [0.15, 0.2) is 0 Å². The normalized spacial score (nSPS) is 27.8. The van der Waals surface area contributed by atoms with Crippen molar-refractivity contribution >= 4 is 17.3 Å². The number of benzene rings is 1. The molecule has 0 spiro atoms. The molecule has 1 saturated carbocycles. The monoisotopic (exact) mass is 251 g/mol. The molecule has 1 aliphatic rings. The van der Waals surface area contributed by atoms with E-state index in [-0.39, 0.29) is 0 Å². The minimum absolute atomic E-state index is 0.512. The molecule has 1 aromatic carbocycles. The maximum Gasteiger partial charge on any atom is 0.0407 e. The Morgan fingerprint density at radius 2 is 1.88 bits per heavy atom. The van der Waals surface area contributed by atoms with Crippen LogP contribution in [0.4, 0.5) is 5.69 Å². The Kier molecular flexibility index (Phi) is 3.67. The van der Waals surface area contributed by atoms with E-state index in [4.69, 9.17) is 11.6 Å². The highest BCUT2D eigenvalue weighted by Crippen LogP contribution is 2.39. The van der Waals surface area contributed by atoms with Crippen LogP contribution in [0, 0.1) is 11.3 Å². The molecule has 2 heteroatoms. The first-order valence-electron chi connectivity index (χ1n) is 6.48. The number of rotatable bonds is 2. The van der Waals surface area contributed by atoms with Crippen molar-refractivity contribution in [1.29, 1.82) is 0 Å². The molecule has 0 radical (unpaired) electrons. The lowest BCUT2D eigenvalue weighted by Crippen LogP contribution is -2.36. The molecule has 1 fully saturated rings. The second-order valence-electron chi connectivity index (χ2n) is 6.14. The summed E-state index contributed by atoms with van der Waals surface area (Å²) in [5, 5.41) is 4.44. The molecule has 1 aromatic rings. The maximum atomic E-state index is 5.89. The largest absolute Gasteiger partial charge is 0.382 e. The van der Waals surface area contributed by atoms with Gasteiger partial charge in [0.1, 0.15) is 0 Å². The van der Waals surface area contributed by atoms with Crippen LogP contribution in [0.25, 0.3) is 0 Å². The fraction of sp³-hybridized carbons (Fsp3) is 0.600. The molecule has 0 aliphatic heterocycles. The third-order valence-corrected chi connectivity index (χ3v) is 4.14. The lowest BCUT2D eigenvalue weighted by Gasteiger charge is -2.40. The smallest absolute Gasteiger partial charge is 0.0407 e. The van der Waals surface area contributed by atoms with Crippen molar-refractivity contribution < 1.29 is 0 Å². The van der Waals surface area contributed by atoms with Gasteiger partial charge in [-0.05, 0) is 54.9 Å². The number of anilines is 1. The molecular formula is C15H22ClN. The van der Waals surface area contributed by atoms with Crippen LogP contribution in [0.2, 0.25) is 5.02 Å². The molecule has 2 atom stereocenters. The molecule has 94 valence electrons. The maximum absolute atomic E-state index is 5.89. The van der Waals surface area contributed by atoms with Crippen LogP contribution in [0.5, 0.6) is 0 Å². The molecule has 0 aromatic heterocycles. The second-order valence-corrected chi connectivity index (χ2v) is 6.58. The fourth-order valence-electron chi connectivity index (χ4n) is 2.92. The third-order valence-electron chi connectivity index (χ3n) is 3.89. The molecule has 0 saturated heterocycles. The van der Waals surface area contributed by atoms with Crippen molar-refractivity contribution in [3.05, 3.63) is 29.3 Å². The Morgan fingerprint density at radius 3 is 2.47 bits per heavy atom. The second kappa shape index (κ2) is 4.89. The van der Waals surface area contributed by atoms with Crippen LogP contribution in [-0.2, 0) is 0 Å². The van der Waals surface area contributed by atoms with Crippen molar-refractivity contribution in [2.45, 2.75) is 46.1 Å². The zero-order chi connectivity index (χ0) is 12.5. The van der Waals surface area contributed by atoms with Gasteiger partial charge in [-0.2, -0.15) is 0 Å². The van der Waals surface area contributed by atoms with Gasteiger partial charge in [-0.1, -0.05) is 32.4 Å². The van der Waals surface area contributed by atoms with Crippen LogP contribution in [0.15, 0.2) is 24.3 Å². The van der Waals surface area contributed by atoms with Crippen molar-refractivity contribution in [3.8, 4) is 0 Å². The van der Waals surface area contributed by atoms with Gasteiger partial charge >= 0.3 is 0 Å². The first-order valence-corrected chi connectivity index (χ1v) is 6.86. The zero-order valence-corrected chi connectivity index (χ0v) is 11.7. The molecule has 17 heavy (non-hydrogen) atoms. The Bertz CT molecular complexity index is 369. The first kappa shape index (κ1) is 12.8. The predicted molar refractivity (Wildman–Crippen MR) is 75.7 cm³/mol. The van der Waals surface area contributed by atoms with E-state index in [0.717, 1.165) is 10.9 Å². The van der Waals surface area contributed by atoms with Gasteiger partial charge in [0.25, 0.3) is 0 Å². The van der Waals surface area contributed by atoms with Gasteiger partial charge in [-0.15, -0.1) is 0 Å². The lowest BCUT2D eigenvalue weighted by atomic mass is 9.70. The molecule has 0 amide bonds. The van der Waals surface area contributed by atoms with E-state index in [2.05, 4.69) is 38.2 Å². The summed E-state index contributed by atoms with van der Waals surface area (Å²) >= 11 is 5.89. The summed E-state index contributed by atoms with van der Waals surface area (Å²) in [7, 11) is 0. The Labute approximate surface area is 110 Å². The quantitative estimate of drug-likeness (QED) is 0.783. The van der Waals surface area contributed by atoms with Crippen LogP contribution in [0.3, 0.4) is 0 Å². The van der Waals surface area contributed by atoms with E-state index in [1.54, 1.807) is 0 Å². The molecule has 2 rings (SSSR count). The highest BCUT2D eigenvalue weighted by Gasteiger charge is 2.32. The topological polar surface area (TPSA) is 12.0 Å². The summed E-state index contributed by atoms with van der Waals surface area (Å²) in [5.41, 5.74) is 1.70. The molecule has 0 heterocycles. The Morgan fingerprint density at radius 1 is 1.24 bits per heavy atom. The Balaban J connectivity index is 1.98. The third kappa shape index (κ3) is 3.38. The number of hydrogen-bond acceptors (Lipinski definition) is 1. The Hall–Kier alpha value is -0.690. The van der Waals surface area contributed by atoms with E-state index >= 15 is 0 Å². The predicted octanol–water partition coefficient (Wildman–Crippen LogP) is 4.97. The van der Waals surface area contributed by atoms with Gasteiger partial charge in [0.05, 0.1) is 0 Å². The van der Waals surface area contributed by atoms with Crippen molar-refractivity contribution in [2.24, 2.45) is 11.3 Å². The van der Waals surface area contributed by atoms with Gasteiger partial charge in [0, 0.05) is 16.8 Å². The summed E-state index contributed by atoms with van der Waals surface area (Å²) in [6, 6.07) is 8.62. The van der Waals surface area contributed by atoms with Gasteiger partial charge < -0.3 is 5.32 Å². The van der Waals surface area contributed by atoms with Crippen LogP contribution in [-0.4, -0.2) is 6.04 Å². The summed E-state index contributed by atoms with van der Waals surface area (Å²) < 4.78 is 0. The highest BCUT2D eigenvalue weighted by atomic mass is 35.5. The molecule has 0 bridgehead atoms. The van der Waals surface area contributed by atoms with Crippen molar-refractivity contribution in [1.82, 2.24) is 0 Å². The molecular weight excluding hydrogens is 230 g/mol. The highest BCUT2D eigenvalue weighted by molar-refractivity contribution is 6.30. The van der Waals surface area contributed by atoms with Gasteiger partial charge in [-0.3, -0.25) is 0 Å².